The first-order valence-electron chi connectivity index (χ1n) is 8.73. The van der Waals surface area contributed by atoms with Gasteiger partial charge in [0.25, 0.3) is 15.9 Å². The van der Waals surface area contributed by atoms with E-state index in [9.17, 15) is 13.2 Å². The predicted octanol–water partition coefficient (Wildman–Crippen LogP) is 4.00. The number of benzene rings is 2. The number of sulfonamides is 1. The number of thiazole rings is 1. The minimum atomic E-state index is -3.73. The molecule has 0 saturated heterocycles. The summed E-state index contributed by atoms with van der Waals surface area (Å²) in [5.41, 5.74) is 3.12. The molecule has 7 nitrogen and oxygen atoms in total. The first kappa shape index (κ1) is 19.2. The SMILES string of the molecule is Cc1ccc2c(c1)cc(C(=O)Nc1ccc(S(=O)(=O)Nc3nccs3)cc1)n2C. The number of anilines is 2. The van der Waals surface area contributed by atoms with Crippen molar-refractivity contribution in [1.29, 1.82) is 0 Å². The molecule has 0 aliphatic carbocycles. The quantitative estimate of drug-likeness (QED) is 0.504. The highest BCUT2D eigenvalue weighted by Gasteiger charge is 2.17. The van der Waals surface area contributed by atoms with E-state index in [1.807, 2.05) is 42.8 Å². The molecule has 0 spiro atoms. The fourth-order valence-electron chi connectivity index (χ4n) is 3.05. The Labute approximate surface area is 172 Å². The van der Waals surface area contributed by atoms with Crippen LogP contribution in [0.1, 0.15) is 16.1 Å². The fourth-order valence-corrected chi connectivity index (χ4v) is 4.84. The molecule has 0 atom stereocenters. The van der Waals surface area contributed by atoms with Crippen molar-refractivity contribution in [2.24, 2.45) is 7.05 Å². The Balaban J connectivity index is 1.53. The number of fused-ring (bicyclic) bond motifs is 1. The molecular formula is C20H18N4O3S2. The third-order valence-corrected chi connectivity index (χ3v) is 6.68. The number of aryl methyl sites for hydroxylation is 2. The molecule has 148 valence electrons. The van der Waals surface area contributed by atoms with Gasteiger partial charge in [0.2, 0.25) is 0 Å². The Hall–Kier alpha value is -3.17. The summed E-state index contributed by atoms with van der Waals surface area (Å²) < 4.78 is 29.0. The van der Waals surface area contributed by atoms with Crippen LogP contribution in [-0.2, 0) is 17.1 Å². The van der Waals surface area contributed by atoms with Crippen LogP contribution >= 0.6 is 11.3 Å². The Kier molecular flexibility index (Phi) is 4.85. The lowest BCUT2D eigenvalue weighted by Crippen LogP contribution is -2.16. The zero-order valence-corrected chi connectivity index (χ0v) is 17.3. The maximum absolute atomic E-state index is 12.7. The standard InChI is InChI=1S/C20H18N4O3S2/c1-13-3-8-17-14(11-13)12-18(24(17)2)19(25)22-15-4-6-16(7-5-15)29(26,27)23-20-21-9-10-28-20/h3-12H,1-2H3,(H,21,23)(H,22,25). The van der Waals surface area contributed by atoms with Gasteiger partial charge in [-0.15, -0.1) is 11.3 Å². The molecule has 4 rings (SSSR count). The van der Waals surface area contributed by atoms with Gasteiger partial charge in [0, 0.05) is 35.2 Å². The predicted molar refractivity (Wildman–Crippen MR) is 115 cm³/mol. The Morgan fingerprint density at radius 3 is 2.55 bits per heavy atom. The van der Waals surface area contributed by atoms with Crippen LogP contribution in [0.3, 0.4) is 0 Å². The van der Waals surface area contributed by atoms with Gasteiger partial charge in [-0.1, -0.05) is 11.6 Å². The first-order valence-corrected chi connectivity index (χ1v) is 11.1. The third kappa shape index (κ3) is 3.87. The van der Waals surface area contributed by atoms with Crippen molar-refractivity contribution in [2.45, 2.75) is 11.8 Å². The van der Waals surface area contributed by atoms with Crippen molar-refractivity contribution in [3.05, 3.63) is 71.4 Å². The van der Waals surface area contributed by atoms with Crippen molar-refractivity contribution in [1.82, 2.24) is 9.55 Å². The lowest BCUT2D eigenvalue weighted by atomic mass is 10.2. The van der Waals surface area contributed by atoms with Crippen LogP contribution in [0, 0.1) is 6.92 Å². The second-order valence-electron chi connectivity index (χ2n) is 6.57. The van der Waals surface area contributed by atoms with Crippen molar-refractivity contribution < 1.29 is 13.2 Å². The molecule has 0 bridgehead atoms. The molecule has 2 N–H and O–H groups in total. The largest absolute Gasteiger partial charge is 0.340 e. The summed E-state index contributed by atoms with van der Waals surface area (Å²) in [4.78, 5) is 16.7. The number of amides is 1. The average Bonchev–Trinajstić information content (AvgIpc) is 3.29. The second kappa shape index (κ2) is 7.34. The molecule has 0 aliphatic heterocycles. The Morgan fingerprint density at radius 2 is 1.86 bits per heavy atom. The van der Waals surface area contributed by atoms with Crippen molar-refractivity contribution in [2.75, 3.05) is 10.0 Å². The van der Waals surface area contributed by atoms with Crippen molar-refractivity contribution >= 4 is 49.0 Å². The molecular weight excluding hydrogens is 408 g/mol. The van der Waals surface area contributed by atoms with Gasteiger partial charge in [-0.2, -0.15) is 0 Å². The maximum atomic E-state index is 12.7. The van der Waals surface area contributed by atoms with Gasteiger partial charge >= 0.3 is 0 Å². The van der Waals surface area contributed by atoms with Crippen LogP contribution in [0.4, 0.5) is 10.8 Å². The number of hydrogen-bond acceptors (Lipinski definition) is 5. The van der Waals surface area contributed by atoms with E-state index in [4.69, 9.17) is 0 Å². The van der Waals surface area contributed by atoms with Crippen LogP contribution in [0.5, 0.6) is 0 Å². The monoisotopic (exact) mass is 426 g/mol. The summed E-state index contributed by atoms with van der Waals surface area (Å²) in [5, 5.41) is 5.79. The molecule has 0 aliphatic rings. The molecule has 29 heavy (non-hydrogen) atoms. The van der Waals surface area contributed by atoms with E-state index in [1.54, 1.807) is 17.5 Å². The minimum absolute atomic E-state index is 0.0887. The number of carbonyl (C=O) groups excluding carboxylic acids is 1. The van der Waals surface area contributed by atoms with Crippen LogP contribution in [0.25, 0.3) is 10.9 Å². The van der Waals surface area contributed by atoms with Gasteiger partial charge in [-0.3, -0.25) is 9.52 Å². The first-order chi connectivity index (χ1) is 13.8. The summed E-state index contributed by atoms with van der Waals surface area (Å²) >= 11 is 1.20. The highest BCUT2D eigenvalue weighted by Crippen LogP contribution is 2.22. The highest BCUT2D eigenvalue weighted by molar-refractivity contribution is 7.93. The van der Waals surface area contributed by atoms with Crippen LogP contribution in [0.2, 0.25) is 0 Å². The number of hydrogen-bond donors (Lipinski definition) is 2. The van der Waals surface area contributed by atoms with Gasteiger partial charge < -0.3 is 9.88 Å². The van der Waals surface area contributed by atoms with Gasteiger partial charge in [0.15, 0.2) is 5.13 Å². The molecule has 1 amide bonds. The molecule has 2 heterocycles. The Bertz CT molecular complexity index is 1290. The summed E-state index contributed by atoms with van der Waals surface area (Å²) in [6.07, 6.45) is 1.52. The maximum Gasteiger partial charge on any atom is 0.272 e. The van der Waals surface area contributed by atoms with Crippen molar-refractivity contribution in [3.8, 4) is 0 Å². The normalized spacial score (nSPS) is 11.5. The van der Waals surface area contributed by atoms with Gasteiger partial charge in [-0.05, 0) is 49.4 Å². The molecule has 2 aromatic carbocycles. The van der Waals surface area contributed by atoms with E-state index in [0.29, 0.717) is 16.5 Å². The van der Waals surface area contributed by atoms with E-state index < -0.39 is 10.0 Å². The summed E-state index contributed by atoms with van der Waals surface area (Å²) in [6.45, 7) is 2.01. The third-order valence-electron chi connectivity index (χ3n) is 4.51. The highest BCUT2D eigenvalue weighted by atomic mass is 32.2. The van der Waals surface area contributed by atoms with Gasteiger partial charge in [0.05, 0.1) is 4.90 Å². The number of nitrogens with zero attached hydrogens (tertiary/aromatic N) is 2. The van der Waals surface area contributed by atoms with E-state index in [1.165, 1.54) is 29.7 Å². The summed E-state index contributed by atoms with van der Waals surface area (Å²) in [6, 6.07) is 13.9. The molecule has 0 unspecified atom stereocenters. The van der Waals surface area contributed by atoms with E-state index >= 15 is 0 Å². The number of aromatic nitrogens is 2. The molecule has 4 aromatic rings. The Morgan fingerprint density at radius 1 is 1.10 bits per heavy atom. The van der Waals surface area contributed by atoms with Crippen LogP contribution in [-0.4, -0.2) is 23.9 Å². The molecule has 9 heteroatoms. The molecule has 2 aromatic heterocycles. The van der Waals surface area contributed by atoms with Gasteiger partial charge in [-0.25, -0.2) is 13.4 Å². The second-order valence-corrected chi connectivity index (χ2v) is 9.15. The average molecular weight is 427 g/mol. The number of carbonyl (C=O) groups is 1. The lowest BCUT2D eigenvalue weighted by molar-refractivity contribution is 0.101. The topological polar surface area (TPSA) is 93.1 Å². The number of nitrogens with one attached hydrogen (secondary N) is 2. The minimum Gasteiger partial charge on any atom is -0.340 e. The molecule has 0 fully saturated rings. The van der Waals surface area contributed by atoms with Gasteiger partial charge in [0.1, 0.15) is 5.69 Å². The molecule has 0 saturated carbocycles. The fraction of sp³-hybridized carbons (Fsp3) is 0.100. The van der Waals surface area contributed by atoms with E-state index in [0.717, 1.165) is 16.5 Å². The zero-order chi connectivity index (χ0) is 20.6. The molecule has 0 radical (unpaired) electrons. The zero-order valence-electron chi connectivity index (χ0n) is 15.7. The summed E-state index contributed by atoms with van der Waals surface area (Å²) in [7, 11) is -1.89. The van der Waals surface area contributed by atoms with E-state index in [2.05, 4.69) is 15.0 Å². The van der Waals surface area contributed by atoms with E-state index in [-0.39, 0.29) is 10.8 Å². The van der Waals surface area contributed by atoms with Crippen LogP contribution < -0.4 is 10.0 Å². The lowest BCUT2D eigenvalue weighted by Gasteiger charge is -2.09. The summed E-state index contributed by atoms with van der Waals surface area (Å²) in [5.74, 6) is -0.266. The smallest absolute Gasteiger partial charge is 0.272 e. The van der Waals surface area contributed by atoms with Crippen LogP contribution in [0.15, 0.2) is 65.0 Å². The van der Waals surface area contributed by atoms with Crippen molar-refractivity contribution in [3.63, 3.8) is 0 Å². The number of rotatable bonds is 5.